The molecule has 0 aromatic heterocycles. The largest absolute Gasteiger partial charge is 0.492 e. The second-order valence-electron chi connectivity index (χ2n) is 4.33. The first kappa shape index (κ1) is 18.9. The lowest BCUT2D eigenvalue weighted by molar-refractivity contribution is -0.159. The lowest BCUT2D eigenvalue weighted by Gasteiger charge is -2.09. The molecule has 0 spiro atoms. The van der Waals surface area contributed by atoms with Gasteiger partial charge in [0.2, 0.25) is 0 Å². The Labute approximate surface area is 124 Å². The van der Waals surface area contributed by atoms with Crippen LogP contribution in [-0.4, -0.2) is 41.8 Å². The number of benzene rings is 1. The summed E-state index contributed by atoms with van der Waals surface area (Å²) in [4.78, 5) is 18.2. The first-order valence-corrected chi connectivity index (χ1v) is 6.84. The van der Waals surface area contributed by atoms with Gasteiger partial charge in [0.05, 0.1) is 0 Å². The van der Waals surface area contributed by atoms with E-state index >= 15 is 0 Å². The SMILES string of the molecule is CCCCNCCOc1ccccc1C.O=C(O)C(=O)O. The Balaban J connectivity index is 0.000000567. The molecule has 0 bridgehead atoms. The Hall–Kier alpha value is -2.08. The van der Waals surface area contributed by atoms with Crippen molar-refractivity contribution in [2.24, 2.45) is 0 Å². The molecule has 3 N–H and O–H groups in total. The predicted molar refractivity (Wildman–Crippen MR) is 79.7 cm³/mol. The van der Waals surface area contributed by atoms with Crippen molar-refractivity contribution in [2.45, 2.75) is 26.7 Å². The fourth-order valence-electron chi connectivity index (χ4n) is 1.38. The molecule has 0 saturated carbocycles. The van der Waals surface area contributed by atoms with E-state index in [-0.39, 0.29) is 0 Å². The third kappa shape index (κ3) is 10.4. The molecular weight excluding hydrogens is 274 g/mol. The maximum atomic E-state index is 9.10. The third-order valence-corrected chi connectivity index (χ3v) is 2.52. The van der Waals surface area contributed by atoms with Crippen LogP contribution in [0.5, 0.6) is 5.75 Å². The fraction of sp³-hybridized carbons (Fsp3) is 0.467. The minimum absolute atomic E-state index is 0.745. The van der Waals surface area contributed by atoms with Crippen molar-refractivity contribution in [1.29, 1.82) is 0 Å². The van der Waals surface area contributed by atoms with E-state index in [0.29, 0.717) is 0 Å². The summed E-state index contributed by atoms with van der Waals surface area (Å²) in [6, 6.07) is 8.12. The highest BCUT2D eigenvalue weighted by atomic mass is 16.5. The van der Waals surface area contributed by atoms with E-state index in [9.17, 15) is 0 Å². The van der Waals surface area contributed by atoms with Gasteiger partial charge in [-0.25, -0.2) is 9.59 Å². The summed E-state index contributed by atoms with van der Waals surface area (Å²) in [6.07, 6.45) is 2.48. The summed E-state index contributed by atoms with van der Waals surface area (Å²) in [6.45, 7) is 7.03. The van der Waals surface area contributed by atoms with Gasteiger partial charge in [-0.05, 0) is 31.5 Å². The Kier molecular flexibility index (Phi) is 10.6. The summed E-state index contributed by atoms with van der Waals surface area (Å²) in [5.41, 5.74) is 1.20. The monoisotopic (exact) mass is 297 g/mol. The van der Waals surface area contributed by atoms with E-state index in [0.717, 1.165) is 25.4 Å². The van der Waals surface area contributed by atoms with Crippen LogP contribution in [0.2, 0.25) is 0 Å². The van der Waals surface area contributed by atoms with Gasteiger partial charge in [-0.15, -0.1) is 0 Å². The molecule has 21 heavy (non-hydrogen) atoms. The lowest BCUT2D eigenvalue weighted by atomic mass is 10.2. The summed E-state index contributed by atoms with van der Waals surface area (Å²) < 4.78 is 5.65. The van der Waals surface area contributed by atoms with Crippen LogP contribution in [0, 0.1) is 6.92 Å². The minimum atomic E-state index is -1.82. The summed E-state index contributed by atoms with van der Waals surface area (Å²) in [5.74, 6) is -2.65. The van der Waals surface area contributed by atoms with Crippen molar-refractivity contribution in [3.63, 3.8) is 0 Å². The van der Waals surface area contributed by atoms with E-state index in [2.05, 4.69) is 25.2 Å². The van der Waals surface area contributed by atoms with Crippen LogP contribution in [0.3, 0.4) is 0 Å². The normalized spacial score (nSPS) is 9.43. The highest BCUT2D eigenvalue weighted by Gasteiger charge is 2.04. The maximum absolute atomic E-state index is 9.10. The minimum Gasteiger partial charge on any atom is -0.492 e. The van der Waals surface area contributed by atoms with Crippen molar-refractivity contribution in [3.8, 4) is 5.75 Å². The van der Waals surface area contributed by atoms with Crippen LogP contribution in [-0.2, 0) is 9.59 Å². The molecule has 0 atom stereocenters. The summed E-state index contributed by atoms with van der Waals surface area (Å²) in [5, 5.41) is 18.1. The summed E-state index contributed by atoms with van der Waals surface area (Å²) in [7, 11) is 0. The van der Waals surface area contributed by atoms with Crippen LogP contribution in [0.15, 0.2) is 24.3 Å². The molecule has 0 unspecified atom stereocenters. The number of aryl methyl sites for hydroxylation is 1. The number of carboxylic acid groups (broad SMARTS) is 2. The van der Waals surface area contributed by atoms with Gasteiger partial charge >= 0.3 is 11.9 Å². The van der Waals surface area contributed by atoms with E-state index in [4.69, 9.17) is 24.5 Å². The zero-order chi connectivity index (χ0) is 16.1. The standard InChI is InChI=1S/C13H21NO.C2H2O4/c1-3-4-9-14-10-11-15-13-8-6-5-7-12(13)2;3-1(4)2(5)6/h5-8,14H,3-4,9-11H2,1-2H3;(H,3,4)(H,5,6). The Bertz CT molecular complexity index is 422. The molecule has 0 aliphatic rings. The van der Waals surface area contributed by atoms with Crippen molar-refractivity contribution in [1.82, 2.24) is 5.32 Å². The van der Waals surface area contributed by atoms with Gasteiger partial charge in [-0.1, -0.05) is 31.5 Å². The van der Waals surface area contributed by atoms with Gasteiger partial charge in [0.15, 0.2) is 0 Å². The first-order valence-electron chi connectivity index (χ1n) is 6.84. The molecule has 1 aromatic rings. The number of carboxylic acids is 2. The van der Waals surface area contributed by atoms with E-state index < -0.39 is 11.9 Å². The molecule has 1 aromatic carbocycles. The molecule has 6 heteroatoms. The molecule has 0 aliphatic carbocycles. The molecule has 6 nitrogen and oxygen atoms in total. The fourth-order valence-corrected chi connectivity index (χ4v) is 1.38. The number of rotatable bonds is 7. The van der Waals surface area contributed by atoms with Gasteiger partial charge < -0.3 is 20.3 Å². The highest BCUT2D eigenvalue weighted by Crippen LogP contribution is 2.15. The zero-order valence-electron chi connectivity index (χ0n) is 12.5. The van der Waals surface area contributed by atoms with Gasteiger partial charge in [0.25, 0.3) is 0 Å². The second kappa shape index (κ2) is 11.7. The number of hydrogen-bond donors (Lipinski definition) is 3. The lowest BCUT2D eigenvalue weighted by Crippen LogP contribution is -2.22. The smallest absolute Gasteiger partial charge is 0.414 e. The first-order chi connectivity index (χ1) is 9.99. The second-order valence-corrected chi connectivity index (χ2v) is 4.33. The molecule has 0 aliphatic heterocycles. The summed E-state index contributed by atoms with van der Waals surface area (Å²) >= 11 is 0. The number of unbranched alkanes of at least 4 members (excludes halogenated alkanes) is 1. The average Bonchev–Trinajstić information content (AvgIpc) is 2.45. The number of nitrogens with one attached hydrogen (secondary N) is 1. The third-order valence-electron chi connectivity index (χ3n) is 2.52. The predicted octanol–water partition coefficient (Wildman–Crippen LogP) is 1.92. The topological polar surface area (TPSA) is 95.9 Å². The van der Waals surface area contributed by atoms with Crippen LogP contribution >= 0.6 is 0 Å². The molecule has 0 radical (unpaired) electrons. The number of ether oxygens (including phenoxy) is 1. The van der Waals surface area contributed by atoms with E-state index in [1.54, 1.807) is 0 Å². The van der Waals surface area contributed by atoms with Crippen molar-refractivity contribution in [3.05, 3.63) is 29.8 Å². The molecule has 0 fully saturated rings. The zero-order valence-corrected chi connectivity index (χ0v) is 12.5. The molecule has 0 amide bonds. The average molecular weight is 297 g/mol. The molecule has 1 rings (SSSR count). The van der Waals surface area contributed by atoms with Crippen LogP contribution in [0.25, 0.3) is 0 Å². The maximum Gasteiger partial charge on any atom is 0.414 e. The molecule has 0 saturated heterocycles. The van der Waals surface area contributed by atoms with E-state index in [1.165, 1.54) is 18.4 Å². The van der Waals surface area contributed by atoms with Crippen LogP contribution in [0.1, 0.15) is 25.3 Å². The Morgan fingerprint density at radius 3 is 2.29 bits per heavy atom. The van der Waals surface area contributed by atoms with Crippen molar-refractivity contribution in [2.75, 3.05) is 19.7 Å². The van der Waals surface area contributed by atoms with Crippen molar-refractivity contribution >= 4 is 11.9 Å². The van der Waals surface area contributed by atoms with Crippen molar-refractivity contribution < 1.29 is 24.5 Å². The Morgan fingerprint density at radius 1 is 1.14 bits per heavy atom. The Morgan fingerprint density at radius 2 is 1.76 bits per heavy atom. The van der Waals surface area contributed by atoms with E-state index in [1.807, 2.05) is 18.2 Å². The number of carbonyl (C=O) groups is 2. The quantitative estimate of drug-likeness (QED) is 0.525. The van der Waals surface area contributed by atoms with Gasteiger partial charge in [-0.3, -0.25) is 0 Å². The number of para-hydroxylation sites is 1. The van der Waals surface area contributed by atoms with Gasteiger partial charge in [0.1, 0.15) is 12.4 Å². The molecule has 0 heterocycles. The van der Waals surface area contributed by atoms with Gasteiger partial charge in [0, 0.05) is 6.54 Å². The highest BCUT2D eigenvalue weighted by molar-refractivity contribution is 6.27. The van der Waals surface area contributed by atoms with Crippen LogP contribution < -0.4 is 10.1 Å². The van der Waals surface area contributed by atoms with Crippen LogP contribution in [0.4, 0.5) is 0 Å². The number of hydrogen-bond acceptors (Lipinski definition) is 4. The molecule has 118 valence electrons. The van der Waals surface area contributed by atoms with Gasteiger partial charge in [-0.2, -0.15) is 0 Å². The molecular formula is C15H23NO5. The number of aliphatic carboxylic acids is 2.